The third-order valence-corrected chi connectivity index (χ3v) is 4.88. The molecule has 1 N–H and O–H groups in total. The zero-order valence-electron chi connectivity index (χ0n) is 13.3. The van der Waals surface area contributed by atoms with E-state index in [1.807, 2.05) is 47.8 Å². The summed E-state index contributed by atoms with van der Waals surface area (Å²) in [6.07, 6.45) is 0.795. The highest BCUT2D eigenvalue weighted by Crippen LogP contribution is 2.14. The number of thiophene rings is 1. The number of carbonyl (C=O) groups is 2. The van der Waals surface area contributed by atoms with Crippen LogP contribution >= 0.6 is 11.3 Å². The van der Waals surface area contributed by atoms with Crippen molar-refractivity contribution in [3.05, 3.63) is 58.3 Å². The fourth-order valence-corrected chi connectivity index (χ4v) is 3.39. The predicted molar refractivity (Wildman–Crippen MR) is 92.6 cm³/mol. The average Bonchev–Trinajstić information content (AvgIpc) is 3.11. The number of morpholine rings is 1. The van der Waals surface area contributed by atoms with Gasteiger partial charge in [0.1, 0.15) is 12.6 Å². The fraction of sp³-hybridized carbons (Fsp3) is 0.333. The fourth-order valence-electron chi connectivity index (χ4n) is 2.68. The van der Waals surface area contributed by atoms with E-state index in [-0.39, 0.29) is 25.0 Å². The van der Waals surface area contributed by atoms with Gasteiger partial charge in [0, 0.05) is 18.0 Å². The van der Waals surface area contributed by atoms with Crippen molar-refractivity contribution in [1.29, 1.82) is 0 Å². The maximum Gasteiger partial charge on any atom is 0.249 e. The first kappa shape index (κ1) is 16.7. The summed E-state index contributed by atoms with van der Waals surface area (Å²) in [5, 5.41) is 4.94. The maximum absolute atomic E-state index is 12.5. The smallest absolute Gasteiger partial charge is 0.249 e. The topological polar surface area (TPSA) is 58.6 Å². The van der Waals surface area contributed by atoms with Crippen LogP contribution in [0, 0.1) is 0 Å². The molecule has 1 fully saturated rings. The average molecular weight is 344 g/mol. The van der Waals surface area contributed by atoms with E-state index < -0.39 is 6.04 Å². The van der Waals surface area contributed by atoms with Crippen molar-refractivity contribution in [2.45, 2.75) is 19.0 Å². The first-order valence-corrected chi connectivity index (χ1v) is 8.83. The Morgan fingerprint density at radius 2 is 2.08 bits per heavy atom. The molecule has 24 heavy (non-hydrogen) atoms. The van der Waals surface area contributed by atoms with Gasteiger partial charge in [0.05, 0.1) is 6.61 Å². The molecule has 2 aromatic rings. The molecular formula is C18H20N2O3S. The molecule has 2 amide bonds. The van der Waals surface area contributed by atoms with Gasteiger partial charge in [-0.25, -0.2) is 0 Å². The molecule has 2 heterocycles. The lowest BCUT2D eigenvalue weighted by atomic mass is 10.1. The van der Waals surface area contributed by atoms with Gasteiger partial charge in [-0.15, -0.1) is 11.3 Å². The molecule has 1 atom stereocenters. The normalized spacial score (nSPS) is 17.8. The zero-order valence-corrected chi connectivity index (χ0v) is 14.1. The second-order valence-electron chi connectivity index (χ2n) is 5.66. The van der Waals surface area contributed by atoms with Gasteiger partial charge in [0.2, 0.25) is 11.8 Å². The predicted octanol–water partition coefficient (Wildman–Crippen LogP) is 1.83. The number of nitrogens with zero attached hydrogens (tertiary/aromatic N) is 1. The molecule has 126 valence electrons. The number of rotatable bonds is 6. The lowest BCUT2D eigenvalue weighted by Crippen LogP contribution is -2.56. The second kappa shape index (κ2) is 8.08. The quantitative estimate of drug-likeness (QED) is 0.870. The van der Waals surface area contributed by atoms with Gasteiger partial charge in [-0.3, -0.25) is 9.59 Å². The number of carbonyl (C=O) groups excluding carboxylic acids is 2. The molecule has 5 nitrogen and oxygen atoms in total. The van der Waals surface area contributed by atoms with Crippen LogP contribution < -0.4 is 5.32 Å². The third-order valence-electron chi connectivity index (χ3n) is 3.95. The summed E-state index contributed by atoms with van der Waals surface area (Å²) in [7, 11) is 0. The van der Waals surface area contributed by atoms with Crippen molar-refractivity contribution >= 4 is 23.2 Å². The van der Waals surface area contributed by atoms with Crippen LogP contribution in [0.15, 0.2) is 47.8 Å². The highest BCUT2D eigenvalue weighted by molar-refractivity contribution is 7.09. The molecule has 1 aliphatic rings. The monoisotopic (exact) mass is 344 g/mol. The van der Waals surface area contributed by atoms with Gasteiger partial charge in [0.25, 0.3) is 0 Å². The summed E-state index contributed by atoms with van der Waals surface area (Å²) < 4.78 is 5.29. The molecule has 0 unspecified atom stereocenters. The largest absolute Gasteiger partial charge is 0.369 e. The lowest BCUT2D eigenvalue weighted by molar-refractivity contribution is -0.155. The molecule has 1 aromatic heterocycles. The van der Waals surface area contributed by atoms with Crippen molar-refractivity contribution in [3.63, 3.8) is 0 Å². The van der Waals surface area contributed by atoms with E-state index in [2.05, 4.69) is 5.32 Å². The van der Waals surface area contributed by atoms with Gasteiger partial charge in [-0.05, 0) is 23.4 Å². The van der Waals surface area contributed by atoms with Crippen molar-refractivity contribution in [2.75, 3.05) is 19.8 Å². The minimum absolute atomic E-state index is 0.0335. The van der Waals surface area contributed by atoms with E-state index in [1.165, 1.54) is 4.88 Å². The Kier molecular flexibility index (Phi) is 5.61. The SMILES string of the molecule is O=C(NCCc1cccs1)[C@@H]1COCC(=O)N1Cc1ccccc1. The van der Waals surface area contributed by atoms with Gasteiger partial charge in [0.15, 0.2) is 0 Å². The van der Waals surface area contributed by atoms with Crippen LogP contribution in [0.4, 0.5) is 0 Å². The molecule has 1 saturated heterocycles. The highest BCUT2D eigenvalue weighted by atomic mass is 32.1. The molecule has 6 heteroatoms. The Morgan fingerprint density at radius 3 is 2.83 bits per heavy atom. The molecule has 0 radical (unpaired) electrons. The number of amides is 2. The molecule has 1 aromatic carbocycles. The lowest BCUT2D eigenvalue weighted by Gasteiger charge is -2.34. The van der Waals surface area contributed by atoms with E-state index in [1.54, 1.807) is 16.2 Å². The first-order chi connectivity index (χ1) is 11.7. The highest BCUT2D eigenvalue weighted by Gasteiger charge is 2.33. The van der Waals surface area contributed by atoms with E-state index in [0.717, 1.165) is 12.0 Å². The minimum atomic E-state index is -0.574. The van der Waals surface area contributed by atoms with E-state index in [0.29, 0.717) is 13.1 Å². The van der Waals surface area contributed by atoms with Crippen LogP contribution in [0.3, 0.4) is 0 Å². The Morgan fingerprint density at radius 1 is 1.25 bits per heavy atom. The zero-order chi connectivity index (χ0) is 16.8. The standard InChI is InChI=1S/C18H20N2O3S/c21-17-13-23-12-16(20(17)11-14-5-2-1-3-6-14)18(22)19-9-8-15-7-4-10-24-15/h1-7,10,16H,8-9,11-13H2,(H,19,22)/t16-/m0/s1. The molecule has 0 bridgehead atoms. The van der Waals surface area contributed by atoms with Crippen LogP contribution in [0.1, 0.15) is 10.4 Å². The van der Waals surface area contributed by atoms with E-state index in [9.17, 15) is 9.59 Å². The maximum atomic E-state index is 12.5. The Labute approximate surface area is 145 Å². The number of nitrogens with one attached hydrogen (secondary N) is 1. The van der Waals surface area contributed by atoms with Gasteiger partial charge >= 0.3 is 0 Å². The number of hydrogen-bond donors (Lipinski definition) is 1. The summed E-state index contributed by atoms with van der Waals surface area (Å²) >= 11 is 1.67. The van der Waals surface area contributed by atoms with Gasteiger partial charge in [-0.2, -0.15) is 0 Å². The van der Waals surface area contributed by atoms with Gasteiger partial charge < -0.3 is 15.0 Å². The minimum Gasteiger partial charge on any atom is -0.369 e. The van der Waals surface area contributed by atoms with Crippen LogP contribution in [0.5, 0.6) is 0 Å². The van der Waals surface area contributed by atoms with Crippen molar-refractivity contribution in [1.82, 2.24) is 10.2 Å². The van der Waals surface area contributed by atoms with E-state index >= 15 is 0 Å². The van der Waals surface area contributed by atoms with E-state index in [4.69, 9.17) is 4.74 Å². The summed E-state index contributed by atoms with van der Waals surface area (Å²) in [6, 6.07) is 13.2. The molecular weight excluding hydrogens is 324 g/mol. The van der Waals surface area contributed by atoms with Crippen LogP contribution in [-0.2, 0) is 27.3 Å². The van der Waals surface area contributed by atoms with Crippen molar-refractivity contribution in [2.24, 2.45) is 0 Å². The molecule has 0 spiro atoms. The second-order valence-corrected chi connectivity index (χ2v) is 6.69. The van der Waals surface area contributed by atoms with Crippen LogP contribution in [0.2, 0.25) is 0 Å². The third kappa shape index (κ3) is 4.21. The number of benzene rings is 1. The van der Waals surface area contributed by atoms with Gasteiger partial charge in [-0.1, -0.05) is 36.4 Å². The molecule has 1 aliphatic heterocycles. The Balaban J connectivity index is 1.60. The number of hydrogen-bond acceptors (Lipinski definition) is 4. The van der Waals surface area contributed by atoms with Crippen LogP contribution in [-0.4, -0.2) is 42.5 Å². The summed E-state index contributed by atoms with van der Waals surface area (Å²) in [5.41, 5.74) is 1.00. The summed E-state index contributed by atoms with van der Waals surface area (Å²) in [4.78, 5) is 27.5. The van der Waals surface area contributed by atoms with Crippen molar-refractivity contribution < 1.29 is 14.3 Å². The molecule has 0 saturated carbocycles. The first-order valence-electron chi connectivity index (χ1n) is 7.95. The van der Waals surface area contributed by atoms with Crippen molar-refractivity contribution in [3.8, 4) is 0 Å². The van der Waals surface area contributed by atoms with Crippen LogP contribution in [0.25, 0.3) is 0 Å². The number of ether oxygens (including phenoxy) is 1. The molecule has 3 rings (SSSR count). The summed E-state index contributed by atoms with van der Waals surface area (Å²) in [5.74, 6) is -0.306. The molecule has 0 aliphatic carbocycles. The summed E-state index contributed by atoms with van der Waals surface area (Å²) in [6.45, 7) is 1.25. The Hall–Kier alpha value is -2.18. The Bertz CT molecular complexity index is 673.